The van der Waals surface area contributed by atoms with Gasteiger partial charge in [0.05, 0.1) is 7.11 Å². The lowest BCUT2D eigenvalue weighted by Gasteiger charge is -2.06. The van der Waals surface area contributed by atoms with Crippen LogP contribution in [0.4, 0.5) is 0 Å². The Hall–Kier alpha value is -1.31. The Labute approximate surface area is 78.3 Å². The molecule has 0 fully saturated rings. The van der Waals surface area contributed by atoms with Gasteiger partial charge in [0.1, 0.15) is 5.75 Å². The van der Waals surface area contributed by atoms with E-state index >= 15 is 0 Å². The topological polar surface area (TPSA) is 21.6 Å². The van der Waals surface area contributed by atoms with E-state index < -0.39 is 0 Å². The molecule has 1 aliphatic rings. The van der Waals surface area contributed by atoms with E-state index in [1.165, 1.54) is 11.1 Å². The van der Waals surface area contributed by atoms with Gasteiger partial charge in [0.15, 0.2) is 0 Å². The van der Waals surface area contributed by atoms with E-state index in [0.717, 1.165) is 25.1 Å². The van der Waals surface area contributed by atoms with Crippen LogP contribution in [0.1, 0.15) is 11.1 Å². The summed E-state index contributed by atoms with van der Waals surface area (Å²) in [5.41, 5.74) is 2.75. The second-order valence-corrected chi connectivity index (χ2v) is 3.18. The molecule has 0 bridgehead atoms. The zero-order chi connectivity index (χ0) is 9.10. The van der Waals surface area contributed by atoms with Crippen molar-refractivity contribution < 1.29 is 4.74 Å². The van der Waals surface area contributed by atoms with Crippen molar-refractivity contribution in [3.05, 3.63) is 29.3 Å². The molecular formula is C11H13NO. The van der Waals surface area contributed by atoms with Crippen molar-refractivity contribution in [2.24, 2.45) is 4.99 Å². The summed E-state index contributed by atoms with van der Waals surface area (Å²) in [6.07, 6.45) is 3.99. The van der Waals surface area contributed by atoms with E-state index in [2.05, 4.69) is 17.1 Å². The molecule has 1 aromatic carbocycles. The van der Waals surface area contributed by atoms with Crippen molar-refractivity contribution in [2.45, 2.75) is 12.8 Å². The fraction of sp³-hybridized carbons (Fsp3) is 0.364. The first-order chi connectivity index (χ1) is 6.40. The van der Waals surface area contributed by atoms with E-state index in [1.807, 2.05) is 12.3 Å². The van der Waals surface area contributed by atoms with Crippen LogP contribution in [0.25, 0.3) is 0 Å². The van der Waals surface area contributed by atoms with Crippen molar-refractivity contribution in [3.8, 4) is 5.75 Å². The van der Waals surface area contributed by atoms with E-state index in [1.54, 1.807) is 7.11 Å². The summed E-state index contributed by atoms with van der Waals surface area (Å²) in [5, 5.41) is 0. The first-order valence-corrected chi connectivity index (χ1v) is 4.54. The second-order valence-electron chi connectivity index (χ2n) is 3.18. The predicted octanol–water partition coefficient (Wildman–Crippen LogP) is 1.86. The molecule has 1 heterocycles. The number of aliphatic imine (C=N–C) groups is 1. The minimum absolute atomic E-state index is 0.903. The summed E-state index contributed by atoms with van der Waals surface area (Å²) in [6, 6.07) is 6.26. The summed E-state index contributed by atoms with van der Waals surface area (Å²) in [6.45, 7) is 0.903. The molecule has 0 saturated carbocycles. The Morgan fingerprint density at radius 1 is 1.31 bits per heavy atom. The van der Waals surface area contributed by atoms with Crippen LogP contribution in [0, 0.1) is 0 Å². The highest BCUT2D eigenvalue weighted by Gasteiger charge is 2.05. The summed E-state index contributed by atoms with van der Waals surface area (Å²) >= 11 is 0. The van der Waals surface area contributed by atoms with Gasteiger partial charge in [0.25, 0.3) is 0 Å². The lowest BCUT2D eigenvalue weighted by Crippen LogP contribution is -1.94. The number of fused-ring (bicyclic) bond motifs is 1. The maximum absolute atomic E-state index is 5.18. The molecule has 0 atom stereocenters. The Kier molecular flexibility index (Phi) is 2.30. The molecule has 1 aromatic rings. The lowest BCUT2D eigenvalue weighted by atomic mass is 10.0. The van der Waals surface area contributed by atoms with Crippen LogP contribution in [-0.4, -0.2) is 19.9 Å². The maximum Gasteiger partial charge on any atom is 0.119 e. The maximum atomic E-state index is 5.18. The minimum Gasteiger partial charge on any atom is -0.497 e. The normalized spacial score (nSPS) is 14.8. The van der Waals surface area contributed by atoms with E-state index in [9.17, 15) is 0 Å². The first-order valence-electron chi connectivity index (χ1n) is 4.54. The van der Waals surface area contributed by atoms with Crippen LogP contribution in [0.3, 0.4) is 0 Å². The van der Waals surface area contributed by atoms with Crippen molar-refractivity contribution >= 4 is 6.21 Å². The molecule has 0 aliphatic carbocycles. The van der Waals surface area contributed by atoms with Gasteiger partial charge < -0.3 is 4.74 Å². The standard InChI is InChI=1S/C11H13NO/c1-13-11-3-2-9-4-6-12-7-5-10(9)8-11/h2-3,6,8H,4-5,7H2,1H3. The summed E-state index contributed by atoms with van der Waals surface area (Å²) in [4.78, 5) is 4.28. The van der Waals surface area contributed by atoms with Gasteiger partial charge in [-0.2, -0.15) is 0 Å². The molecule has 0 saturated heterocycles. The summed E-state index contributed by atoms with van der Waals surface area (Å²) in [5.74, 6) is 0.945. The highest BCUT2D eigenvalue weighted by atomic mass is 16.5. The molecule has 2 heteroatoms. The molecule has 1 aliphatic heterocycles. The molecule has 13 heavy (non-hydrogen) atoms. The van der Waals surface area contributed by atoms with Gasteiger partial charge in [0, 0.05) is 19.2 Å². The average molecular weight is 175 g/mol. The van der Waals surface area contributed by atoms with Crippen LogP contribution in [0.5, 0.6) is 5.75 Å². The van der Waals surface area contributed by atoms with E-state index in [-0.39, 0.29) is 0 Å². The Morgan fingerprint density at radius 3 is 3.08 bits per heavy atom. The van der Waals surface area contributed by atoms with Gasteiger partial charge in [-0.15, -0.1) is 0 Å². The number of methoxy groups -OCH3 is 1. The third-order valence-corrected chi connectivity index (χ3v) is 2.36. The molecular weight excluding hydrogens is 162 g/mol. The van der Waals surface area contributed by atoms with Gasteiger partial charge in [-0.1, -0.05) is 6.07 Å². The minimum atomic E-state index is 0.903. The third-order valence-electron chi connectivity index (χ3n) is 2.36. The SMILES string of the molecule is COc1ccc2c(c1)CCN=CC2. The van der Waals surface area contributed by atoms with Crippen LogP contribution in [0.2, 0.25) is 0 Å². The Balaban J connectivity index is 2.36. The quantitative estimate of drug-likeness (QED) is 0.638. The van der Waals surface area contributed by atoms with Gasteiger partial charge in [-0.3, -0.25) is 4.99 Å². The molecule has 0 unspecified atom stereocenters. The average Bonchev–Trinajstić information content (AvgIpc) is 2.41. The van der Waals surface area contributed by atoms with Crippen LogP contribution in [-0.2, 0) is 12.8 Å². The Bertz CT molecular complexity index is 331. The summed E-state index contributed by atoms with van der Waals surface area (Å²) < 4.78 is 5.18. The molecule has 0 aromatic heterocycles. The number of nitrogens with zero attached hydrogens (tertiary/aromatic N) is 1. The van der Waals surface area contributed by atoms with E-state index in [0.29, 0.717) is 0 Å². The van der Waals surface area contributed by atoms with Crippen LogP contribution in [0.15, 0.2) is 23.2 Å². The van der Waals surface area contributed by atoms with Crippen molar-refractivity contribution in [2.75, 3.05) is 13.7 Å². The van der Waals surface area contributed by atoms with Crippen molar-refractivity contribution in [1.82, 2.24) is 0 Å². The third kappa shape index (κ3) is 1.72. The molecule has 2 rings (SSSR count). The van der Waals surface area contributed by atoms with Crippen molar-refractivity contribution in [1.29, 1.82) is 0 Å². The van der Waals surface area contributed by atoms with Gasteiger partial charge >= 0.3 is 0 Å². The smallest absolute Gasteiger partial charge is 0.119 e. The molecule has 0 amide bonds. The number of hydrogen-bond donors (Lipinski definition) is 0. The van der Waals surface area contributed by atoms with Crippen molar-refractivity contribution in [3.63, 3.8) is 0 Å². The van der Waals surface area contributed by atoms with Gasteiger partial charge in [-0.25, -0.2) is 0 Å². The monoisotopic (exact) mass is 175 g/mol. The molecule has 0 radical (unpaired) electrons. The van der Waals surface area contributed by atoms with Gasteiger partial charge in [-0.05, 0) is 29.7 Å². The number of ether oxygens (including phenoxy) is 1. The molecule has 2 nitrogen and oxygen atoms in total. The highest BCUT2D eigenvalue weighted by molar-refractivity contribution is 5.63. The Morgan fingerprint density at radius 2 is 2.23 bits per heavy atom. The first kappa shape index (κ1) is 8.30. The van der Waals surface area contributed by atoms with Crippen LogP contribution < -0.4 is 4.74 Å². The number of rotatable bonds is 1. The zero-order valence-electron chi connectivity index (χ0n) is 7.79. The van der Waals surface area contributed by atoms with E-state index in [4.69, 9.17) is 4.74 Å². The molecule has 0 N–H and O–H groups in total. The molecule has 0 spiro atoms. The molecule has 68 valence electrons. The predicted molar refractivity (Wildman–Crippen MR) is 53.8 cm³/mol. The van der Waals surface area contributed by atoms with Gasteiger partial charge in [0.2, 0.25) is 0 Å². The fourth-order valence-electron chi connectivity index (χ4n) is 1.60. The fourth-order valence-corrected chi connectivity index (χ4v) is 1.60. The number of hydrogen-bond acceptors (Lipinski definition) is 2. The zero-order valence-corrected chi connectivity index (χ0v) is 7.79. The number of benzene rings is 1. The van der Waals surface area contributed by atoms with Crippen LogP contribution >= 0.6 is 0 Å². The largest absolute Gasteiger partial charge is 0.497 e. The lowest BCUT2D eigenvalue weighted by molar-refractivity contribution is 0.414. The summed E-state index contributed by atoms with van der Waals surface area (Å²) in [7, 11) is 1.70. The second kappa shape index (κ2) is 3.60. The highest BCUT2D eigenvalue weighted by Crippen LogP contribution is 2.19.